The summed E-state index contributed by atoms with van der Waals surface area (Å²) in [5, 5.41) is 2.59. The fraction of sp³-hybridized carbons (Fsp3) is 0.250. The van der Waals surface area contributed by atoms with Gasteiger partial charge in [0.15, 0.2) is 0 Å². The smallest absolute Gasteiger partial charge is 0.324 e. The minimum atomic E-state index is -4.50. The standard InChI is InChI=1S/C16H15F3N2O/c1-10-8-13(9-20-14(10)16(17,18)19)21-15(22)11(2)12-6-4-3-5-7-12/h3-9,11H,1-2H3,(H,21,22). The quantitative estimate of drug-likeness (QED) is 0.925. The summed E-state index contributed by atoms with van der Waals surface area (Å²) >= 11 is 0. The van der Waals surface area contributed by atoms with Crippen LogP contribution in [0.1, 0.15) is 29.7 Å². The Morgan fingerprint density at radius 3 is 2.41 bits per heavy atom. The molecule has 1 unspecified atom stereocenters. The van der Waals surface area contributed by atoms with Crippen LogP contribution in [0.5, 0.6) is 0 Å². The summed E-state index contributed by atoms with van der Waals surface area (Å²) in [6, 6.07) is 10.4. The van der Waals surface area contributed by atoms with Crippen molar-refractivity contribution in [2.24, 2.45) is 0 Å². The van der Waals surface area contributed by atoms with Crippen molar-refractivity contribution in [3.63, 3.8) is 0 Å². The third kappa shape index (κ3) is 3.63. The molecule has 0 aliphatic carbocycles. The van der Waals surface area contributed by atoms with Crippen LogP contribution in [-0.4, -0.2) is 10.9 Å². The van der Waals surface area contributed by atoms with Gasteiger partial charge in [0.25, 0.3) is 0 Å². The number of carbonyl (C=O) groups is 1. The van der Waals surface area contributed by atoms with Gasteiger partial charge in [-0.25, -0.2) is 4.98 Å². The number of anilines is 1. The number of amides is 1. The Bertz CT molecular complexity index is 669. The second-order valence-electron chi connectivity index (χ2n) is 5.01. The SMILES string of the molecule is Cc1cc(NC(=O)C(C)c2ccccc2)cnc1C(F)(F)F. The van der Waals surface area contributed by atoms with Crippen LogP contribution >= 0.6 is 0 Å². The van der Waals surface area contributed by atoms with Gasteiger partial charge in [-0.05, 0) is 31.0 Å². The van der Waals surface area contributed by atoms with E-state index in [1.807, 2.05) is 30.3 Å². The number of aryl methyl sites for hydroxylation is 1. The van der Waals surface area contributed by atoms with Crippen molar-refractivity contribution < 1.29 is 18.0 Å². The van der Waals surface area contributed by atoms with Gasteiger partial charge in [-0.1, -0.05) is 30.3 Å². The highest BCUT2D eigenvalue weighted by Gasteiger charge is 2.34. The lowest BCUT2D eigenvalue weighted by atomic mass is 10.0. The molecular weight excluding hydrogens is 293 g/mol. The van der Waals surface area contributed by atoms with E-state index < -0.39 is 17.8 Å². The zero-order valence-electron chi connectivity index (χ0n) is 12.1. The fourth-order valence-corrected chi connectivity index (χ4v) is 2.08. The predicted molar refractivity (Wildman–Crippen MR) is 77.5 cm³/mol. The molecule has 1 heterocycles. The molecule has 1 amide bonds. The summed E-state index contributed by atoms with van der Waals surface area (Å²) < 4.78 is 37.9. The average molecular weight is 308 g/mol. The van der Waals surface area contributed by atoms with E-state index in [1.165, 1.54) is 13.0 Å². The highest BCUT2D eigenvalue weighted by Crippen LogP contribution is 2.31. The summed E-state index contributed by atoms with van der Waals surface area (Å²) in [5.41, 5.74) is 0.106. The number of nitrogens with one attached hydrogen (secondary N) is 1. The minimum Gasteiger partial charge on any atom is -0.324 e. The molecule has 0 saturated heterocycles. The fourth-order valence-electron chi connectivity index (χ4n) is 2.08. The normalized spacial score (nSPS) is 12.8. The number of halogens is 3. The van der Waals surface area contributed by atoms with E-state index >= 15 is 0 Å². The van der Waals surface area contributed by atoms with Gasteiger partial charge >= 0.3 is 6.18 Å². The van der Waals surface area contributed by atoms with Crippen LogP contribution in [0.25, 0.3) is 0 Å². The molecule has 3 nitrogen and oxygen atoms in total. The van der Waals surface area contributed by atoms with Gasteiger partial charge in [0.05, 0.1) is 17.8 Å². The van der Waals surface area contributed by atoms with E-state index in [-0.39, 0.29) is 17.2 Å². The van der Waals surface area contributed by atoms with E-state index in [9.17, 15) is 18.0 Å². The maximum atomic E-state index is 12.6. The molecule has 0 radical (unpaired) electrons. The first kappa shape index (κ1) is 16.0. The lowest BCUT2D eigenvalue weighted by molar-refractivity contribution is -0.141. The molecule has 0 bridgehead atoms. The van der Waals surface area contributed by atoms with Crippen LogP contribution in [0.15, 0.2) is 42.6 Å². The Morgan fingerprint density at radius 1 is 1.23 bits per heavy atom. The summed E-state index contributed by atoms with van der Waals surface area (Å²) in [7, 11) is 0. The average Bonchev–Trinajstić information content (AvgIpc) is 2.46. The van der Waals surface area contributed by atoms with Gasteiger partial charge in [0.2, 0.25) is 5.91 Å². The third-order valence-corrected chi connectivity index (χ3v) is 3.31. The Hall–Kier alpha value is -2.37. The summed E-state index contributed by atoms with van der Waals surface area (Å²) in [6.45, 7) is 3.04. The molecule has 2 aromatic rings. The first-order chi connectivity index (χ1) is 10.3. The highest BCUT2D eigenvalue weighted by atomic mass is 19.4. The molecule has 1 N–H and O–H groups in total. The Labute approximate surface area is 126 Å². The van der Waals surface area contributed by atoms with Crippen molar-refractivity contribution in [1.82, 2.24) is 4.98 Å². The molecule has 6 heteroatoms. The molecule has 0 spiro atoms. The van der Waals surface area contributed by atoms with Crippen molar-refractivity contribution >= 4 is 11.6 Å². The van der Waals surface area contributed by atoms with E-state index in [2.05, 4.69) is 10.3 Å². The number of nitrogens with zero attached hydrogens (tertiary/aromatic N) is 1. The number of rotatable bonds is 3. The number of hydrogen-bond donors (Lipinski definition) is 1. The topological polar surface area (TPSA) is 42.0 Å². The molecule has 0 fully saturated rings. The van der Waals surface area contributed by atoms with Crippen LogP contribution in [0, 0.1) is 6.92 Å². The molecule has 1 aromatic carbocycles. The molecule has 0 aliphatic rings. The first-order valence-electron chi connectivity index (χ1n) is 6.68. The molecule has 116 valence electrons. The van der Waals surface area contributed by atoms with Crippen LogP contribution in [0.3, 0.4) is 0 Å². The van der Waals surface area contributed by atoms with Gasteiger partial charge in [-0.3, -0.25) is 4.79 Å². The Kier molecular flexibility index (Phi) is 4.49. The van der Waals surface area contributed by atoms with Gasteiger partial charge in [-0.2, -0.15) is 13.2 Å². The second kappa shape index (κ2) is 6.17. The van der Waals surface area contributed by atoms with Crippen LogP contribution in [0.4, 0.5) is 18.9 Å². The number of alkyl halides is 3. The molecule has 1 aromatic heterocycles. The predicted octanol–water partition coefficient (Wildman–Crippen LogP) is 4.15. The van der Waals surface area contributed by atoms with Crippen LogP contribution < -0.4 is 5.32 Å². The summed E-state index contributed by atoms with van der Waals surface area (Å²) in [5.74, 6) is -0.712. The maximum absolute atomic E-state index is 12.6. The van der Waals surface area contributed by atoms with E-state index in [0.29, 0.717) is 0 Å². The monoisotopic (exact) mass is 308 g/mol. The van der Waals surface area contributed by atoms with Crippen molar-refractivity contribution in [2.45, 2.75) is 25.9 Å². The van der Waals surface area contributed by atoms with E-state index in [1.54, 1.807) is 6.92 Å². The number of carbonyl (C=O) groups excluding carboxylic acids is 1. The largest absolute Gasteiger partial charge is 0.433 e. The third-order valence-electron chi connectivity index (χ3n) is 3.31. The molecule has 2 rings (SSSR count). The molecule has 22 heavy (non-hydrogen) atoms. The number of aromatic nitrogens is 1. The first-order valence-corrected chi connectivity index (χ1v) is 6.68. The number of hydrogen-bond acceptors (Lipinski definition) is 2. The van der Waals surface area contributed by atoms with Crippen molar-refractivity contribution in [2.75, 3.05) is 5.32 Å². The highest BCUT2D eigenvalue weighted by molar-refractivity contribution is 5.95. The molecule has 0 aliphatic heterocycles. The van der Waals surface area contributed by atoms with Crippen LogP contribution in [-0.2, 0) is 11.0 Å². The maximum Gasteiger partial charge on any atom is 0.433 e. The lowest BCUT2D eigenvalue weighted by Gasteiger charge is -2.14. The van der Waals surface area contributed by atoms with Crippen LogP contribution in [0.2, 0.25) is 0 Å². The Morgan fingerprint density at radius 2 is 1.86 bits per heavy atom. The van der Waals surface area contributed by atoms with Gasteiger partial charge < -0.3 is 5.32 Å². The molecular formula is C16H15F3N2O. The zero-order valence-corrected chi connectivity index (χ0v) is 12.1. The van der Waals surface area contributed by atoms with Gasteiger partial charge in [-0.15, -0.1) is 0 Å². The number of benzene rings is 1. The van der Waals surface area contributed by atoms with Gasteiger partial charge in [0, 0.05) is 0 Å². The lowest BCUT2D eigenvalue weighted by Crippen LogP contribution is -2.19. The number of pyridine rings is 1. The van der Waals surface area contributed by atoms with Crippen molar-refractivity contribution in [3.8, 4) is 0 Å². The van der Waals surface area contributed by atoms with E-state index in [0.717, 1.165) is 11.8 Å². The molecule has 0 saturated carbocycles. The van der Waals surface area contributed by atoms with E-state index in [4.69, 9.17) is 0 Å². The summed E-state index contributed by atoms with van der Waals surface area (Å²) in [4.78, 5) is 15.5. The zero-order chi connectivity index (χ0) is 16.3. The van der Waals surface area contributed by atoms with Gasteiger partial charge in [0.1, 0.15) is 5.69 Å². The second-order valence-corrected chi connectivity index (χ2v) is 5.01. The summed E-state index contributed by atoms with van der Waals surface area (Å²) in [6.07, 6.45) is -3.48. The minimum absolute atomic E-state index is 0.0299. The molecule has 1 atom stereocenters. The van der Waals surface area contributed by atoms with Crippen molar-refractivity contribution in [1.29, 1.82) is 0 Å². The Balaban J connectivity index is 2.14. The van der Waals surface area contributed by atoms with Crippen molar-refractivity contribution in [3.05, 3.63) is 59.4 Å².